The van der Waals surface area contributed by atoms with Crippen LogP contribution < -0.4 is 0 Å². The Hall–Kier alpha value is -0.800. The SMILES string of the molecule is CC1=C(C)[CH]([Zr]([Cl])([Cl])([CH]2C(C)=C(C)c3c(C(Cl)(Cl)c4ccccc4)ccc(C)c32)=[Si](C)C)c2c(C)ccc(C(Cl)(Cl)c3ccccc3)c21. The van der Waals surface area contributed by atoms with E-state index in [4.69, 9.17) is 63.4 Å². The topological polar surface area (TPSA) is 0 Å². The number of alkyl halides is 4. The number of allylic oxidation sites excluding steroid dienone is 4. The summed E-state index contributed by atoms with van der Waals surface area (Å²) in [5.41, 5.74) is 13.7. The summed E-state index contributed by atoms with van der Waals surface area (Å²) in [4.78, 5) is 0. The van der Waals surface area contributed by atoms with Crippen molar-refractivity contribution in [3.63, 3.8) is 0 Å². The molecular weight excluding hydrogens is 812 g/mol. The number of fused-ring (bicyclic) bond motifs is 2. The second-order valence-corrected chi connectivity index (χ2v) is 55.4. The Morgan fingerprint density at radius 2 is 0.854 bits per heavy atom. The van der Waals surface area contributed by atoms with Gasteiger partial charge in [-0.25, -0.2) is 0 Å². The molecule has 0 aromatic heterocycles. The fourth-order valence-electron chi connectivity index (χ4n) is 8.46. The molecule has 48 heavy (non-hydrogen) atoms. The summed E-state index contributed by atoms with van der Waals surface area (Å²) in [6.45, 7) is 17.8. The molecule has 2 atom stereocenters. The zero-order valence-electron chi connectivity index (χ0n) is 28.5. The van der Waals surface area contributed by atoms with E-state index in [-0.39, 0.29) is 7.25 Å². The van der Waals surface area contributed by atoms with Crippen LogP contribution in [0.15, 0.2) is 96.1 Å². The molecular formula is C40H40Cl6SiZr. The second kappa shape index (κ2) is 12.7. The predicted octanol–water partition coefficient (Wildman–Crippen LogP) is 14.3. The van der Waals surface area contributed by atoms with Crippen LogP contribution in [-0.2, 0) is 23.7 Å². The van der Waals surface area contributed by atoms with Gasteiger partial charge in [-0.2, -0.15) is 0 Å². The van der Waals surface area contributed by atoms with E-state index in [1.165, 1.54) is 22.3 Å². The first kappa shape index (κ1) is 37.0. The Morgan fingerprint density at radius 3 is 1.17 bits per heavy atom. The van der Waals surface area contributed by atoms with Crippen molar-refractivity contribution in [3.05, 3.63) is 152 Å². The van der Waals surface area contributed by atoms with E-state index in [1.54, 1.807) is 0 Å². The monoisotopic (exact) mass is 848 g/mol. The van der Waals surface area contributed by atoms with Gasteiger partial charge in [0.05, 0.1) is 0 Å². The summed E-state index contributed by atoms with van der Waals surface area (Å²) < 4.78 is -2.77. The third kappa shape index (κ3) is 5.29. The average Bonchev–Trinajstić information content (AvgIpc) is 3.49. The van der Waals surface area contributed by atoms with E-state index >= 15 is 0 Å². The standard InChI is InChI=1S/2C19H17Cl2.C2H6Si.2ClH.Zr/c2*1-12-9-10-17(18-14(3)13(2)11-16(12)18)19(20,21)15-7-5-4-6-8-15;1-3-2;;;/h2*4-11H,1-3H3;1-2H3;2*1H;/q;;;;;+2/p-2. The normalized spacial score (nSPS) is 18.4. The first-order valence-electron chi connectivity index (χ1n) is 16.3. The number of rotatable bonds is 6. The Kier molecular flexibility index (Phi) is 9.78. The van der Waals surface area contributed by atoms with Gasteiger partial charge in [0.15, 0.2) is 0 Å². The van der Waals surface area contributed by atoms with Gasteiger partial charge in [-0.05, 0) is 0 Å². The number of hydrogen-bond acceptors (Lipinski definition) is 0. The summed E-state index contributed by atoms with van der Waals surface area (Å²) in [5, 5.41) is 0. The maximum absolute atomic E-state index is 8.65. The molecule has 4 aromatic rings. The van der Waals surface area contributed by atoms with Crippen LogP contribution in [0.5, 0.6) is 0 Å². The van der Waals surface area contributed by atoms with Crippen LogP contribution in [-0.4, -0.2) is 5.43 Å². The maximum atomic E-state index is 8.65. The van der Waals surface area contributed by atoms with Gasteiger partial charge in [0.25, 0.3) is 0 Å². The molecule has 250 valence electrons. The van der Waals surface area contributed by atoms with Crippen LogP contribution in [0.25, 0.3) is 11.1 Å². The summed E-state index contributed by atoms with van der Waals surface area (Å²) in [5.74, 6) is 0. The van der Waals surface area contributed by atoms with E-state index in [0.717, 1.165) is 55.7 Å². The van der Waals surface area contributed by atoms with E-state index in [0.29, 0.717) is 0 Å². The van der Waals surface area contributed by atoms with Crippen molar-refractivity contribution < 1.29 is 15.0 Å². The molecule has 2 unspecified atom stereocenters. The van der Waals surface area contributed by atoms with E-state index in [9.17, 15) is 0 Å². The van der Waals surface area contributed by atoms with E-state index in [2.05, 4.69) is 78.9 Å². The minimum absolute atomic E-state index is 0.124. The number of halogens is 6. The summed E-state index contributed by atoms with van der Waals surface area (Å²) in [7, 11) is 17.3. The van der Waals surface area contributed by atoms with Gasteiger partial charge in [-0.1, -0.05) is 0 Å². The second-order valence-electron chi connectivity index (χ2n) is 14.0. The van der Waals surface area contributed by atoms with E-state index < -0.39 is 29.1 Å². The quantitative estimate of drug-likeness (QED) is 0.134. The van der Waals surface area contributed by atoms with Crippen LogP contribution in [0, 0.1) is 13.8 Å². The molecule has 0 N–H and O–H groups in total. The molecule has 0 spiro atoms. The Balaban J connectivity index is 1.66. The molecule has 0 fully saturated rings. The fraction of sp³-hybridized carbons (Fsp3) is 0.300. The van der Waals surface area contributed by atoms with Crippen LogP contribution in [0.1, 0.15) is 90.6 Å². The molecule has 8 heteroatoms. The Bertz CT molecular complexity index is 1970. The molecule has 2 aliphatic carbocycles. The molecule has 0 nitrogen and oxygen atoms in total. The van der Waals surface area contributed by atoms with Crippen molar-refractivity contribution in [2.24, 2.45) is 0 Å². The van der Waals surface area contributed by atoms with Crippen molar-refractivity contribution in [1.82, 2.24) is 0 Å². The van der Waals surface area contributed by atoms with Crippen molar-refractivity contribution in [1.29, 1.82) is 0 Å². The van der Waals surface area contributed by atoms with Crippen LogP contribution >= 0.6 is 63.4 Å². The van der Waals surface area contributed by atoms with Gasteiger partial charge in [-0.15, -0.1) is 0 Å². The third-order valence-electron chi connectivity index (χ3n) is 11.3. The first-order valence-corrected chi connectivity index (χ1v) is 33.1. The summed E-state index contributed by atoms with van der Waals surface area (Å²) in [6.07, 6.45) is 0. The van der Waals surface area contributed by atoms with Crippen LogP contribution in [0.4, 0.5) is 0 Å². The Morgan fingerprint density at radius 1 is 0.521 bits per heavy atom. The molecule has 0 amide bonds. The molecule has 6 rings (SSSR count). The summed E-state index contributed by atoms with van der Waals surface area (Å²) >= 11 is 24.2. The minimum atomic E-state index is -5.13. The van der Waals surface area contributed by atoms with Crippen LogP contribution in [0.3, 0.4) is 0 Å². The summed E-state index contributed by atoms with van der Waals surface area (Å²) in [6, 6.07) is 28.2. The van der Waals surface area contributed by atoms with Crippen molar-refractivity contribution in [3.8, 4) is 0 Å². The molecule has 0 radical (unpaired) electrons. The van der Waals surface area contributed by atoms with Gasteiger partial charge < -0.3 is 0 Å². The molecule has 0 saturated heterocycles. The molecule has 2 aliphatic rings. The zero-order valence-corrected chi connectivity index (χ0v) is 36.5. The molecule has 0 bridgehead atoms. The Labute approximate surface area is 314 Å². The molecule has 0 aliphatic heterocycles. The van der Waals surface area contributed by atoms with Gasteiger partial charge >= 0.3 is 317 Å². The molecule has 4 aromatic carbocycles. The van der Waals surface area contributed by atoms with E-state index in [1.807, 2.05) is 60.7 Å². The van der Waals surface area contributed by atoms with Gasteiger partial charge in [-0.3, -0.25) is 0 Å². The average molecular weight is 853 g/mol. The van der Waals surface area contributed by atoms with Gasteiger partial charge in [0.2, 0.25) is 0 Å². The van der Waals surface area contributed by atoms with Gasteiger partial charge in [0, 0.05) is 0 Å². The van der Waals surface area contributed by atoms with Crippen molar-refractivity contribution >= 4 is 80.0 Å². The number of benzene rings is 4. The van der Waals surface area contributed by atoms with Gasteiger partial charge in [0.1, 0.15) is 0 Å². The fourth-order valence-corrected chi connectivity index (χ4v) is 40.2. The zero-order chi connectivity index (χ0) is 35.2. The van der Waals surface area contributed by atoms with Crippen LogP contribution in [0.2, 0.25) is 13.1 Å². The molecule has 0 saturated carbocycles. The van der Waals surface area contributed by atoms with Crippen molar-refractivity contribution in [2.45, 2.75) is 70.6 Å². The first-order chi connectivity index (χ1) is 22.4. The predicted molar refractivity (Wildman–Crippen MR) is 211 cm³/mol. The van der Waals surface area contributed by atoms with Crippen molar-refractivity contribution in [2.75, 3.05) is 0 Å². The number of hydrogen-bond donors (Lipinski definition) is 0. The molecule has 0 heterocycles. The number of aryl methyl sites for hydroxylation is 2. The third-order valence-corrected chi connectivity index (χ3v) is 59.7.